The second-order valence-electron chi connectivity index (χ2n) is 6.42. The van der Waals surface area contributed by atoms with Gasteiger partial charge in [-0.2, -0.15) is 0 Å². The number of benzene rings is 3. The van der Waals surface area contributed by atoms with Crippen LogP contribution in [0.15, 0.2) is 101 Å². The van der Waals surface area contributed by atoms with E-state index in [2.05, 4.69) is 112 Å². The largest absolute Gasteiger partial charge is 1.00 e. The Labute approximate surface area is 202 Å². The van der Waals surface area contributed by atoms with Crippen molar-refractivity contribution in [1.82, 2.24) is 0 Å². The molecule has 0 N–H and O–H groups in total. The zero-order valence-electron chi connectivity index (χ0n) is 17.2. The van der Waals surface area contributed by atoms with Gasteiger partial charge in [0.25, 0.3) is 0 Å². The van der Waals surface area contributed by atoms with Crippen molar-refractivity contribution in [3.63, 3.8) is 0 Å². The lowest BCUT2D eigenvalue weighted by atomic mass is 10.4. The fraction of sp³-hybridized carbons (Fsp3) is 0.200. The van der Waals surface area contributed by atoms with Crippen LogP contribution in [0.5, 0.6) is 0 Å². The molecule has 4 heteroatoms. The molecule has 152 valence electrons. The molecule has 0 saturated carbocycles. The van der Waals surface area contributed by atoms with E-state index in [1.54, 1.807) is 0 Å². The van der Waals surface area contributed by atoms with Gasteiger partial charge in [-0.05, 0) is 54.8 Å². The maximum Gasteiger partial charge on any atom is 0.141 e. The highest BCUT2D eigenvalue weighted by atomic mass is 127. The van der Waals surface area contributed by atoms with Crippen LogP contribution >= 0.6 is 30.8 Å². The van der Waals surface area contributed by atoms with Gasteiger partial charge in [-0.1, -0.05) is 68.4 Å². The number of hydrogen-bond acceptors (Lipinski definition) is 2. The summed E-state index contributed by atoms with van der Waals surface area (Å²) in [5.74, 6) is 2.19. The molecule has 0 aliphatic heterocycles. The molecular formula is C25H28IPS2. The standard InChI is InChI=1S/C25H28PS2.HI/c1-4-27-25(28-5-2)21(3)26(22-15-9-6-10-16-22,23-17-11-7-12-18-23)24-19-13-8-14-20-24;/h6-20H,4-5H2,1-3H3;1H/q+1;/p-1. The van der Waals surface area contributed by atoms with Crippen molar-refractivity contribution in [2.24, 2.45) is 0 Å². The van der Waals surface area contributed by atoms with Crippen molar-refractivity contribution in [3.05, 3.63) is 101 Å². The zero-order valence-corrected chi connectivity index (χ0v) is 21.9. The summed E-state index contributed by atoms with van der Waals surface area (Å²) in [4.78, 5) is 0. The fourth-order valence-electron chi connectivity index (χ4n) is 3.63. The fourth-order valence-corrected chi connectivity index (χ4v) is 11.0. The molecule has 0 heterocycles. The summed E-state index contributed by atoms with van der Waals surface area (Å²) in [5.41, 5.74) is 0. The molecule has 0 fully saturated rings. The normalized spacial score (nSPS) is 10.9. The molecule has 0 radical (unpaired) electrons. The van der Waals surface area contributed by atoms with Gasteiger partial charge in [0.05, 0.1) is 4.24 Å². The molecule has 0 amide bonds. The Bertz CT molecular complexity index is 791. The number of thioether (sulfide) groups is 2. The molecule has 0 saturated heterocycles. The highest BCUT2D eigenvalue weighted by Gasteiger charge is 2.48. The van der Waals surface area contributed by atoms with Gasteiger partial charge in [0.15, 0.2) is 0 Å². The molecule has 0 aromatic heterocycles. The topological polar surface area (TPSA) is 0 Å². The first kappa shape index (κ1) is 24.5. The number of halogens is 1. The van der Waals surface area contributed by atoms with Crippen molar-refractivity contribution < 1.29 is 24.0 Å². The van der Waals surface area contributed by atoms with Gasteiger partial charge in [0, 0.05) is 0 Å². The van der Waals surface area contributed by atoms with Gasteiger partial charge in [-0.3, -0.25) is 0 Å². The Kier molecular flexibility index (Phi) is 10.3. The van der Waals surface area contributed by atoms with E-state index in [0.29, 0.717) is 0 Å². The van der Waals surface area contributed by atoms with Gasteiger partial charge in [0.1, 0.15) is 28.5 Å². The van der Waals surface area contributed by atoms with Crippen LogP contribution in [0.4, 0.5) is 0 Å². The number of hydrogen-bond donors (Lipinski definition) is 0. The lowest BCUT2D eigenvalue weighted by molar-refractivity contribution is -0.00000546. The van der Waals surface area contributed by atoms with Crippen LogP contribution < -0.4 is 39.9 Å². The molecule has 0 spiro atoms. The van der Waals surface area contributed by atoms with Crippen LogP contribution in [0.2, 0.25) is 0 Å². The van der Waals surface area contributed by atoms with Gasteiger partial charge < -0.3 is 24.0 Å². The van der Waals surface area contributed by atoms with E-state index in [1.807, 2.05) is 23.5 Å². The molecule has 0 unspecified atom stereocenters. The highest BCUT2D eigenvalue weighted by molar-refractivity contribution is 8.23. The van der Waals surface area contributed by atoms with Crippen LogP contribution in [0.25, 0.3) is 0 Å². The van der Waals surface area contributed by atoms with Crippen LogP contribution in [0.3, 0.4) is 0 Å². The number of rotatable bonds is 8. The predicted molar refractivity (Wildman–Crippen MR) is 134 cm³/mol. The first-order chi connectivity index (χ1) is 13.7. The molecule has 0 bridgehead atoms. The Hall–Kier alpha value is -0.740. The lowest BCUT2D eigenvalue weighted by Gasteiger charge is -2.29. The summed E-state index contributed by atoms with van der Waals surface area (Å²) in [7, 11) is -1.92. The average molecular weight is 551 g/mol. The van der Waals surface area contributed by atoms with Crippen LogP contribution in [0, 0.1) is 0 Å². The minimum atomic E-state index is -1.92. The summed E-state index contributed by atoms with van der Waals surface area (Å²) in [5, 5.41) is 5.80. The Balaban J connectivity index is 0.00000300. The summed E-state index contributed by atoms with van der Waals surface area (Å²) in [6.45, 7) is 6.88. The molecule has 3 aromatic carbocycles. The summed E-state index contributed by atoms with van der Waals surface area (Å²) in [6.07, 6.45) is 0. The number of allylic oxidation sites excluding steroid dienone is 1. The smallest absolute Gasteiger partial charge is 0.141 e. The Morgan fingerprint density at radius 1 is 0.621 bits per heavy atom. The molecular weight excluding hydrogens is 522 g/mol. The molecule has 29 heavy (non-hydrogen) atoms. The lowest BCUT2D eigenvalue weighted by Crippen LogP contribution is -3.00. The van der Waals surface area contributed by atoms with Gasteiger partial charge >= 0.3 is 0 Å². The highest BCUT2D eigenvalue weighted by Crippen LogP contribution is 2.65. The minimum Gasteiger partial charge on any atom is -1.00 e. The Morgan fingerprint density at radius 3 is 1.21 bits per heavy atom. The van der Waals surface area contributed by atoms with Crippen LogP contribution in [0.1, 0.15) is 20.8 Å². The third-order valence-electron chi connectivity index (χ3n) is 4.78. The third kappa shape index (κ3) is 5.31. The average Bonchev–Trinajstić information content (AvgIpc) is 2.76. The summed E-state index contributed by atoms with van der Waals surface area (Å²) in [6, 6.07) is 33.4. The van der Waals surface area contributed by atoms with Gasteiger partial charge in [0.2, 0.25) is 0 Å². The predicted octanol–water partition coefficient (Wildman–Crippen LogP) is 3.68. The van der Waals surface area contributed by atoms with Crippen molar-refractivity contribution >= 4 is 46.7 Å². The van der Waals surface area contributed by atoms with Gasteiger partial charge in [-0.15, -0.1) is 23.5 Å². The van der Waals surface area contributed by atoms with E-state index in [1.165, 1.54) is 25.5 Å². The minimum absolute atomic E-state index is 0. The molecule has 3 rings (SSSR count). The van der Waals surface area contributed by atoms with Crippen LogP contribution in [-0.4, -0.2) is 11.5 Å². The monoisotopic (exact) mass is 550 g/mol. The van der Waals surface area contributed by atoms with E-state index in [4.69, 9.17) is 0 Å². The van der Waals surface area contributed by atoms with Gasteiger partial charge in [-0.25, -0.2) is 0 Å². The second kappa shape index (κ2) is 12.2. The summed E-state index contributed by atoms with van der Waals surface area (Å²) >= 11 is 3.98. The maximum absolute atomic E-state index is 2.38. The SMILES string of the molecule is CCSC(SCC)=C(C)[P+](c1ccccc1)(c1ccccc1)c1ccccc1.[I-]. The van der Waals surface area contributed by atoms with E-state index in [9.17, 15) is 0 Å². The molecule has 0 atom stereocenters. The second-order valence-corrected chi connectivity index (χ2v) is 12.8. The molecule has 0 aliphatic rings. The third-order valence-corrected chi connectivity index (χ3v) is 12.0. The first-order valence-corrected chi connectivity index (χ1v) is 13.5. The van der Waals surface area contributed by atoms with Crippen molar-refractivity contribution in [3.8, 4) is 0 Å². The van der Waals surface area contributed by atoms with E-state index >= 15 is 0 Å². The molecule has 0 nitrogen and oxygen atoms in total. The van der Waals surface area contributed by atoms with Crippen molar-refractivity contribution in [2.45, 2.75) is 20.8 Å². The van der Waals surface area contributed by atoms with E-state index in [-0.39, 0.29) is 24.0 Å². The molecule has 0 aliphatic carbocycles. The van der Waals surface area contributed by atoms with Crippen molar-refractivity contribution in [1.29, 1.82) is 0 Å². The van der Waals surface area contributed by atoms with Crippen molar-refractivity contribution in [2.75, 3.05) is 11.5 Å². The van der Waals surface area contributed by atoms with E-state index < -0.39 is 7.26 Å². The quantitative estimate of drug-likeness (QED) is 0.310. The van der Waals surface area contributed by atoms with Crippen LogP contribution in [-0.2, 0) is 0 Å². The summed E-state index contributed by atoms with van der Waals surface area (Å²) < 4.78 is 1.48. The first-order valence-electron chi connectivity index (χ1n) is 9.78. The zero-order chi connectivity index (χ0) is 19.8. The van der Waals surface area contributed by atoms with E-state index in [0.717, 1.165) is 11.5 Å². The Morgan fingerprint density at radius 2 is 0.931 bits per heavy atom. The maximum atomic E-state index is 2.38. The molecule has 3 aromatic rings.